The van der Waals surface area contributed by atoms with Gasteiger partial charge in [-0.3, -0.25) is 4.79 Å². The zero-order valence-corrected chi connectivity index (χ0v) is 11.8. The highest BCUT2D eigenvalue weighted by molar-refractivity contribution is 7.08. The lowest BCUT2D eigenvalue weighted by Gasteiger charge is -2.22. The number of rotatable bonds is 4. The molecule has 2 heterocycles. The van der Waals surface area contributed by atoms with Crippen molar-refractivity contribution < 1.29 is 9.90 Å². The molecule has 0 aliphatic rings. The minimum atomic E-state index is -1.11. The Morgan fingerprint density at radius 2 is 2.37 bits per heavy atom. The summed E-state index contributed by atoms with van der Waals surface area (Å²) in [5.74, 6) is -0.353. The van der Waals surface area contributed by atoms with E-state index in [-0.39, 0.29) is 17.6 Å². The van der Waals surface area contributed by atoms with Crippen LogP contribution < -0.4 is 5.32 Å². The van der Waals surface area contributed by atoms with Crippen molar-refractivity contribution in [3.63, 3.8) is 0 Å². The molecule has 1 amide bonds. The maximum atomic E-state index is 11.9. The van der Waals surface area contributed by atoms with E-state index < -0.39 is 5.60 Å². The van der Waals surface area contributed by atoms with Gasteiger partial charge in [-0.05, 0) is 41.4 Å². The van der Waals surface area contributed by atoms with Gasteiger partial charge in [-0.2, -0.15) is 11.3 Å². The molecule has 4 nitrogen and oxygen atoms in total. The Bertz CT molecular complexity index is 570. The minimum Gasteiger partial charge on any atom is -0.384 e. The second-order valence-electron chi connectivity index (χ2n) is 4.31. The summed E-state index contributed by atoms with van der Waals surface area (Å²) >= 11 is 7.33. The molecule has 1 atom stereocenters. The number of thiophene rings is 1. The molecule has 0 aliphatic heterocycles. The number of hydrogen-bond donors (Lipinski definition) is 2. The largest absolute Gasteiger partial charge is 0.384 e. The van der Waals surface area contributed by atoms with Crippen molar-refractivity contribution in [2.24, 2.45) is 0 Å². The molecule has 0 spiro atoms. The van der Waals surface area contributed by atoms with E-state index in [0.717, 1.165) is 5.56 Å². The van der Waals surface area contributed by atoms with Crippen LogP contribution in [0.4, 0.5) is 0 Å². The molecule has 19 heavy (non-hydrogen) atoms. The SMILES string of the molecule is CC(O)(CNC(=O)c1cccnc1Cl)c1ccsc1. The first-order valence-corrected chi connectivity index (χ1v) is 6.96. The van der Waals surface area contributed by atoms with Crippen LogP contribution in [0, 0.1) is 0 Å². The van der Waals surface area contributed by atoms with Crippen LogP contribution in [0.25, 0.3) is 0 Å². The van der Waals surface area contributed by atoms with Gasteiger partial charge in [0.1, 0.15) is 10.8 Å². The number of amides is 1. The van der Waals surface area contributed by atoms with E-state index >= 15 is 0 Å². The van der Waals surface area contributed by atoms with E-state index in [1.165, 1.54) is 17.5 Å². The van der Waals surface area contributed by atoms with E-state index in [4.69, 9.17) is 11.6 Å². The van der Waals surface area contributed by atoms with Gasteiger partial charge in [-0.15, -0.1) is 0 Å². The lowest BCUT2D eigenvalue weighted by Crippen LogP contribution is -2.38. The van der Waals surface area contributed by atoms with Crippen LogP contribution in [-0.2, 0) is 5.60 Å². The third kappa shape index (κ3) is 3.32. The van der Waals surface area contributed by atoms with Gasteiger partial charge in [-0.1, -0.05) is 11.6 Å². The van der Waals surface area contributed by atoms with Crippen molar-refractivity contribution in [2.75, 3.05) is 6.54 Å². The monoisotopic (exact) mass is 296 g/mol. The highest BCUT2D eigenvalue weighted by Crippen LogP contribution is 2.22. The Kier molecular flexibility index (Phi) is 4.19. The molecule has 6 heteroatoms. The number of hydrogen-bond acceptors (Lipinski definition) is 4. The molecule has 2 aromatic rings. The maximum Gasteiger partial charge on any atom is 0.254 e. The van der Waals surface area contributed by atoms with Crippen LogP contribution in [0.5, 0.6) is 0 Å². The first-order chi connectivity index (χ1) is 9.00. The zero-order valence-electron chi connectivity index (χ0n) is 10.3. The highest BCUT2D eigenvalue weighted by Gasteiger charge is 2.24. The van der Waals surface area contributed by atoms with Crippen molar-refractivity contribution in [3.8, 4) is 0 Å². The van der Waals surface area contributed by atoms with Crippen LogP contribution in [0.1, 0.15) is 22.8 Å². The van der Waals surface area contributed by atoms with Gasteiger partial charge in [0, 0.05) is 6.20 Å². The predicted molar refractivity (Wildman–Crippen MR) is 75.5 cm³/mol. The fraction of sp³-hybridized carbons (Fsp3) is 0.231. The van der Waals surface area contributed by atoms with Gasteiger partial charge in [0.05, 0.1) is 12.1 Å². The molecule has 0 bridgehead atoms. The van der Waals surface area contributed by atoms with Crippen LogP contribution in [0.2, 0.25) is 5.15 Å². The van der Waals surface area contributed by atoms with Crippen LogP contribution in [0.15, 0.2) is 35.2 Å². The minimum absolute atomic E-state index is 0.105. The van der Waals surface area contributed by atoms with E-state index in [1.807, 2.05) is 16.8 Å². The number of aromatic nitrogens is 1. The van der Waals surface area contributed by atoms with Gasteiger partial charge >= 0.3 is 0 Å². The quantitative estimate of drug-likeness (QED) is 0.852. The fourth-order valence-electron chi connectivity index (χ4n) is 1.58. The van der Waals surface area contributed by atoms with Crippen LogP contribution in [-0.4, -0.2) is 22.5 Å². The third-order valence-electron chi connectivity index (χ3n) is 2.74. The topological polar surface area (TPSA) is 62.2 Å². The molecular weight excluding hydrogens is 284 g/mol. The van der Waals surface area contributed by atoms with Gasteiger partial charge in [-0.25, -0.2) is 4.98 Å². The molecular formula is C13H13ClN2O2S. The van der Waals surface area contributed by atoms with Crippen molar-refractivity contribution in [1.29, 1.82) is 0 Å². The second-order valence-corrected chi connectivity index (χ2v) is 5.45. The smallest absolute Gasteiger partial charge is 0.254 e. The number of halogens is 1. The van der Waals surface area contributed by atoms with E-state index in [0.29, 0.717) is 5.56 Å². The normalized spacial score (nSPS) is 13.8. The Morgan fingerprint density at radius 1 is 1.58 bits per heavy atom. The van der Waals surface area contributed by atoms with E-state index in [2.05, 4.69) is 10.3 Å². The Morgan fingerprint density at radius 3 is 3.00 bits per heavy atom. The summed E-state index contributed by atoms with van der Waals surface area (Å²) in [6.45, 7) is 1.76. The van der Waals surface area contributed by atoms with Crippen molar-refractivity contribution in [3.05, 3.63) is 51.4 Å². The number of pyridine rings is 1. The van der Waals surface area contributed by atoms with Crippen molar-refractivity contribution >= 4 is 28.8 Å². The molecule has 2 rings (SSSR count). The summed E-state index contributed by atoms with van der Waals surface area (Å²) in [5.41, 5.74) is -0.0370. The maximum absolute atomic E-state index is 11.9. The Balaban J connectivity index is 2.03. The lowest BCUT2D eigenvalue weighted by atomic mass is 9.99. The van der Waals surface area contributed by atoms with Gasteiger partial charge in [0.2, 0.25) is 0 Å². The summed E-state index contributed by atoms with van der Waals surface area (Å²) in [4.78, 5) is 15.8. The molecule has 0 aromatic carbocycles. The summed E-state index contributed by atoms with van der Waals surface area (Å²) in [6.07, 6.45) is 1.51. The summed E-state index contributed by atoms with van der Waals surface area (Å²) < 4.78 is 0. The molecule has 1 unspecified atom stereocenters. The van der Waals surface area contributed by atoms with Gasteiger partial charge < -0.3 is 10.4 Å². The molecule has 0 saturated carbocycles. The number of nitrogens with zero attached hydrogens (tertiary/aromatic N) is 1. The summed E-state index contributed by atoms with van der Waals surface area (Å²) in [7, 11) is 0. The Hall–Kier alpha value is -1.43. The van der Waals surface area contributed by atoms with Crippen LogP contribution >= 0.6 is 22.9 Å². The Labute approximate surface area is 120 Å². The van der Waals surface area contributed by atoms with Gasteiger partial charge in [0.25, 0.3) is 5.91 Å². The van der Waals surface area contributed by atoms with E-state index in [9.17, 15) is 9.90 Å². The standard InChI is InChI=1S/C13H13ClN2O2S/c1-13(18,9-4-6-19-7-9)8-16-12(17)10-3-2-5-15-11(10)14/h2-7,18H,8H2,1H3,(H,16,17). The van der Waals surface area contributed by atoms with Crippen molar-refractivity contribution in [1.82, 2.24) is 10.3 Å². The van der Waals surface area contributed by atoms with E-state index in [1.54, 1.807) is 19.1 Å². The number of nitrogens with one attached hydrogen (secondary N) is 1. The first-order valence-electron chi connectivity index (χ1n) is 5.64. The second kappa shape index (κ2) is 5.69. The average Bonchev–Trinajstić information content (AvgIpc) is 2.91. The molecule has 2 aromatic heterocycles. The molecule has 100 valence electrons. The summed E-state index contributed by atoms with van der Waals surface area (Å²) in [6, 6.07) is 5.05. The molecule has 0 saturated heterocycles. The van der Waals surface area contributed by atoms with Crippen molar-refractivity contribution in [2.45, 2.75) is 12.5 Å². The molecule has 2 N–H and O–H groups in total. The summed E-state index contributed by atoms with van der Waals surface area (Å²) in [5, 5.41) is 16.8. The number of carbonyl (C=O) groups is 1. The average molecular weight is 297 g/mol. The van der Waals surface area contributed by atoms with Gasteiger partial charge in [0.15, 0.2) is 0 Å². The molecule has 0 radical (unpaired) electrons. The van der Waals surface area contributed by atoms with Crippen LogP contribution in [0.3, 0.4) is 0 Å². The predicted octanol–water partition coefficient (Wildman–Crippen LogP) is 2.43. The number of aliphatic hydroxyl groups is 1. The third-order valence-corrected chi connectivity index (χ3v) is 3.72. The highest BCUT2D eigenvalue weighted by atomic mass is 35.5. The fourth-order valence-corrected chi connectivity index (χ4v) is 2.56. The molecule has 0 aliphatic carbocycles. The first kappa shape index (κ1) is 14.0. The zero-order chi connectivity index (χ0) is 13.9. The lowest BCUT2D eigenvalue weighted by molar-refractivity contribution is 0.0530. The molecule has 0 fully saturated rings. The number of carbonyl (C=O) groups excluding carboxylic acids is 1.